The molecule has 0 saturated heterocycles. The van der Waals surface area contributed by atoms with Crippen LogP contribution in [-0.2, 0) is 5.41 Å². The molecule has 0 fully saturated rings. The van der Waals surface area contributed by atoms with Gasteiger partial charge in [0.15, 0.2) is 0 Å². The van der Waals surface area contributed by atoms with Gasteiger partial charge < -0.3 is 9.32 Å². The number of anilines is 2. The monoisotopic (exact) mass is 755 g/mol. The molecular weight excluding hydrogens is 715 g/mol. The summed E-state index contributed by atoms with van der Waals surface area (Å²) in [5.41, 5.74) is 13.4. The summed E-state index contributed by atoms with van der Waals surface area (Å²) in [6.07, 6.45) is 8.46. The predicted molar refractivity (Wildman–Crippen MR) is 252 cm³/mol. The van der Waals surface area contributed by atoms with E-state index in [-0.39, 0.29) is 5.41 Å². The fourth-order valence-corrected chi connectivity index (χ4v) is 9.46. The fraction of sp³-hybridized carbons (Fsp3) is 0.0526. The summed E-state index contributed by atoms with van der Waals surface area (Å²) in [6, 6.07) is 63.6. The van der Waals surface area contributed by atoms with E-state index in [0.29, 0.717) is 0 Å². The first-order valence-corrected chi connectivity index (χ1v) is 20.4. The standard InChI is InChI=1S/C57H41NO/c1-4-37(41-28-30-45-42(33-41)27-26-38-15-7-8-19-44(38)45)18-14-32-58(43-29-31-47-46-20-9-11-24-52(46)57(2,3)53(47)36-43)54-25-12-10-21-48(54)49-22-13-23-50-51-34-39-16-5-6-17-40(39)35-55(51)59-56(49)50/h4-36H,1H2,2-3H3/b32-14+,37-18+. The lowest BCUT2D eigenvalue weighted by Crippen LogP contribution is -2.16. The quantitative estimate of drug-likeness (QED) is 0.119. The molecule has 1 aliphatic rings. The van der Waals surface area contributed by atoms with E-state index < -0.39 is 0 Å². The van der Waals surface area contributed by atoms with Crippen molar-refractivity contribution in [3.63, 3.8) is 0 Å². The molecule has 9 aromatic carbocycles. The lowest BCUT2D eigenvalue weighted by Gasteiger charge is -2.27. The summed E-state index contributed by atoms with van der Waals surface area (Å²) < 4.78 is 6.78. The average Bonchev–Trinajstić information content (AvgIpc) is 3.76. The minimum absolute atomic E-state index is 0.141. The molecule has 2 heteroatoms. The SMILES string of the molecule is C=C/C(=C\C=C\N(c1ccc2c(c1)C(C)(C)c1ccccc1-2)c1ccccc1-c1cccc2c1oc1cc3ccccc3cc12)c1ccc2c(ccc3ccccc32)c1. The van der Waals surface area contributed by atoms with Crippen LogP contribution in [0.1, 0.15) is 30.5 Å². The highest BCUT2D eigenvalue weighted by molar-refractivity contribution is 6.14. The molecule has 10 aromatic rings. The van der Waals surface area contributed by atoms with Crippen molar-refractivity contribution in [2.75, 3.05) is 4.90 Å². The number of nitrogens with zero attached hydrogens (tertiary/aromatic N) is 1. The van der Waals surface area contributed by atoms with Crippen molar-refractivity contribution in [1.82, 2.24) is 0 Å². The number of hydrogen-bond acceptors (Lipinski definition) is 2. The van der Waals surface area contributed by atoms with Crippen molar-refractivity contribution in [3.05, 3.63) is 224 Å². The molecule has 280 valence electrons. The van der Waals surface area contributed by atoms with E-state index in [0.717, 1.165) is 55.6 Å². The Morgan fingerprint density at radius 2 is 1.20 bits per heavy atom. The molecule has 1 aromatic heterocycles. The van der Waals surface area contributed by atoms with Crippen LogP contribution < -0.4 is 4.90 Å². The molecule has 59 heavy (non-hydrogen) atoms. The van der Waals surface area contributed by atoms with E-state index in [4.69, 9.17) is 4.42 Å². The maximum absolute atomic E-state index is 6.78. The van der Waals surface area contributed by atoms with Crippen molar-refractivity contribution in [1.29, 1.82) is 0 Å². The molecule has 1 aliphatic carbocycles. The highest BCUT2D eigenvalue weighted by Gasteiger charge is 2.35. The van der Waals surface area contributed by atoms with Crippen LogP contribution in [0.15, 0.2) is 211 Å². The second kappa shape index (κ2) is 13.6. The summed E-state index contributed by atoms with van der Waals surface area (Å²) >= 11 is 0. The van der Waals surface area contributed by atoms with Gasteiger partial charge in [0, 0.05) is 39.2 Å². The molecule has 0 amide bonds. The largest absolute Gasteiger partial charge is 0.455 e. The molecule has 0 bridgehead atoms. The Hall–Kier alpha value is -7.42. The van der Waals surface area contributed by atoms with E-state index in [1.54, 1.807) is 0 Å². The number of fused-ring (bicyclic) bond motifs is 10. The first-order chi connectivity index (χ1) is 29.0. The molecule has 0 spiro atoms. The van der Waals surface area contributed by atoms with Crippen molar-refractivity contribution >= 4 is 71.2 Å². The van der Waals surface area contributed by atoms with Gasteiger partial charge >= 0.3 is 0 Å². The van der Waals surface area contributed by atoms with Crippen LogP contribution in [0.3, 0.4) is 0 Å². The lowest BCUT2D eigenvalue weighted by molar-refractivity contribution is 0.660. The summed E-state index contributed by atoms with van der Waals surface area (Å²) in [5, 5.41) is 9.59. The Kier molecular flexibility index (Phi) is 8.03. The number of para-hydroxylation sites is 2. The van der Waals surface area contributed by atoms with E-state index >= 15 is 0 Å². The van der Waals surface area contributed by atoms with Crippen molar-refractivity contribution in [2.24, 2.45) is 0 Å². The van der Waals surface area contributed by atoms with Crippen molar-refractivity contribution < 1.29 is 4.42 Å². The normalized spacial score (nSPS) is 13.5. The Balaban J connectivity index is 1.06. The second-order valence-corrected chi connectivity index (χ2v) is 16.2. The summed E-state index contributed by atoms with van der Waals surface area (Å²) in [7, 11) is 0. The third-order valence-corrected chi connectivity index (χ3v) is 12.5. The number of hydrogen-bond donors (Lipinski definition) is 0. The third kappa shape index (κ3) is 5.63. The molecule has 0 radical (unpaired) electrons. The van der Waals surface area contributed by atoms with Crippen LogP contribution in [0.25, 0.3) is 82.1 Å². The van der Waals surface area contributed by atoms with Crippen molar-refractivity contribution in [3.8, 4) is 22.3 Å². The highest BCUT2D eigenvalue weighted by Crippen LogP contribution is 2.50. The molecule has 0 unspecified atom stereocenters. The number of benzene rings is 9. The van der Waals surface area contributed by atoms with Gasteiger partial charge in [0.2, 0.25) is 0 Å². The van der Waals surface area contributed by atoms with Gasteiger partial charge in [-0.15, -0.1) is 0 Å². The minimum atomic E-state index is -0.141. The maximum Gasteiger partial charge on any atom is 0.143 e. The number of allylic oxidation sites excluding steroid dienone is 4. The van der Waals surface area contributed by atoms with E-state index in [1.165, 1.54) is 54.6 Å². The smallest absolute Gasteiger partial charge is 0.143 e. The fourth-order valence-electron chi connectivity index (χ4n) is 9.46. The van der Waals surface area contributed by atoms with E-state index in [1.807, 2.05) is 6.08 Å². The van der Waals surface area contributed by atoms with Gasteiger partial charge in [-0.2, -0.15) is 0 Å². The molecule has 0 aliphatic heterocycles. The summed E-state index contributed by atoms with van der Waals surface area (Å²) in [5.74, 6) is 0. The third-order valence-electron chi connectivity index (χ3n) is 12.5. The predicted octanol–water partition coefficient (Wildman–Crippen LogP) is 15.9. The molecule has 0 saturated carbocycles. The van der Waals surface area contributed by atoms with Gasteiger partial charge in [0.05, 0.1) is 5.69 Å². The van der Waals surface area contributed by atoms with Crippen LogP contribution in [0.5, 0.6) is 0 Å². The zero-order chi connectivity index (χ0) is 39.7. The summed E-state index contributed by atoms with van der Waals surface area (Å²) in [6.45, 7) is 8.93. The molecule has 0 N–H and O–H groups in total. The molecule has 11 rings (SSSR count). The molecule has 0 atom stereocenters. The van der Waals surface area contributed by atoms with Gasteiger partial charge in [0.25, 0.3) is 0 Å². The van der Waals surface area contributed by atoms with Gasteiger partial charge in [0.1, 0.15) is 11.2 Å². The summed E-state index contributed by atoms with van der Waals surface area (Å²) in [4.78, 5) is 2.33. The molecule has 2 nitrogen and oxygen atoms in total. The maximum atomic E-state index is 6.78. The van der Waals surface area contributed by atoms with Crippen LogP contribution in [0.2, 0.25) is 0 Å². The van der Waals surface area contributed by atoms with E-state index in [2.05, 4.69) is 220 Å². The van der Waals surface area contributed by atoms with Crippen LogP contribution >= 0.6 is 0 Å². The zero-order valence-electron chi connectivity index (χ0n) is 33.1. The first kappa shape index (κ1) is 34.8. The molecular formula is C57H41NO. The zero-order valence-corrected chi connectivity index (χ0v) is 33.1. The van der Waals surface area contributed by atoms with Crippen LogP contribution in [0.4, 0.5) is 11.4 Å². The Labute approximate surface area is 344 Å². The lowest BCUT2D eigenvalue weighted by atomic mass is 9.82. The first-order valence-electron chi connectivity index (χ1n) is 20.4. The molecule has 1 heterocycles. The van der Waals surface area contributed by atoms with Crippen molar-refractivity contribution in [2.45, 2.75) is 19.3 Å². The van der Waals surface area contributed by atoms with Crippen LogP contribution in [0, 0.1) is 0 Å². The Morgan fingerprint density at radius 1 is 0.525 bits per heavy atom. The highest BCUT2D eigenvalue weighted by atomic mass is 16.3. The number of rotatable bonds is 7. The number of furan rings is 1. The van der Waals surface area contributed by atoms with Gasteiger partial charge in [-0.1, -0.05) is 172 Å². The topological polar surface area (TPSA) is 16.4 Å². The van der Waals surface area contributed by atoms with Gasteiger partial charge in [-0.25, -0.2) is 0 Å². The average molecular weight is 756 g/mol. The Bertz CT molecular complexity index is 3390. The van der Waals surface area contributed by atoms with Gasteiger partial charge in [-0.05, 0) is 108 Å². The minimum Gasteiger partial charge on any atom is -0.455 e. The second-order valence-electron chi connectivity index (χ2n) is 16.2. The van der Waals surface area contributed by atoms with E-state index in [9.17, 15) is 0 Å². The van der Waals surface area contributed by atoms with Gasteiger partial charge in [-0.3, -0.25) is 0 Å². The van der Waals surface area contributed by atoms with Crippen LogP contribution in [-0.4, -0.2) is 0 Å². The Morgan fingerprint density at radius 3 is 2.07 bits per heavy atom.